The zero-order valence-corrected chi connectivity index (χ0v) is 15.5. The number of rotatable bonds is 1. The maximum absolute atomic E-state index is 12.4. The van der Waals surface area contributed by atoms with Gasteiger partial charge in [-0.15, -0.1) is 0 Å². The highest BCUT2D eigenvalue weighted by molar-refractivity contribution is 9.10. The fourth-order valence-electron chi connectivity index (χ4n) is 2.53. The van der Waals surface area contributed by atoms with E-state index in [2.05, 4.69) is 26.2 Å². The molecule has 0 saturated carbocycles. The number of halogens is 2. The summed E-state index contributed by atoms with van der Waals surface area (Å²) in [5.41, 5.74) is 0.493. The minimum absolute atomic E-state index is 0.0157. The van der Waals surface area contributed by atoms with Crippen molar-refractivity contribution in [2.45, 2.75) is 45.4 Å². The Balaban J connectivity index is 2.19. The first-order valence-corrected chi connectivity index (χ1v) is 8.40. The Labute approximate surface area is 144 Å². The van der Waals surface area contributed by atoms with Crippen molar-refractivity contribution >= 4 is 33.6 Å². The highest BCUT2D eigenvalue weighted by Crippen LogP contribution is 2.28. The van der Waals surface area contributed by atoms with Crippen molar-refractivity contribution in [1.29, 1.82) is 0 Å². The van der Waals surface area contributed by atoms with Crippen LogP contribution in [-0.2, 0) is 4.74 Å². The molecule has 122 valence electrons. The molecule has 0 spiro atoms. The Morgan fingerprint density at radius 2 is 2.18 bits per heavy atom. The molecule has 1 N–H and O–H groups in total. The van der Waals surface area contributed by atoms with Crippen LogP contribution in [0, 0.1) is 0 Å². The third-order valence-corrected chi connectivity index (χ3v) is 4.06. The SMILES string of the molecule is CC1C(c2cc(Cl)nc(Br)c2)NCCN1C(=O)OC(C)(C)C. The van der Waals surface area contributed by atoms with Gasteiger partial charge in [-0.2, -0.15) is 0 Å². The van der Waals surface area contributed by atoms with E-state index in [1.54, 1.807) is 4.90 Å². The van der Waals surface area contributed by atoms with Gasteiger partial charge in [0.05, 0.1) is 12.1 Å². The number of pyridine rings is 1. The van der Waals surface area contributed by atoms with Crippen LogP contribution in [0.2, 0.25) is 5.15 Å². The summed E-state index contributed by atoms with van der Waals surface area (Å²) in [5, 5.41) is 3.85. The molecular weight excluding hydrogens is 370 g/mol. The van der Waals surface area contributed by atoms with E-state index in [9.17, 15) is 4.79 Å². The summed E-state index contributed by atoms with van der Waals surface area (Å²) in [6.45, 7) is 8.93. The van der Waals surface area contributed by atoms with Gasteiger partial charge in [0.25, 0.3) is 0 Å². The van der Waals surface area contributed by atoms with E-state index in [-0.39, 0.29) is 18.2 Å². The van der Waals surface area contributed by atoms with E-state index >= 15 is 0 Å². The van der Waals surface area contributed by atoms with Gasteiger partial charge in [0.2, 0.25) is 0 Å². The normalized spacial score (nSPS) is 22.5. The van der Waals surface area contributed by atoms with Crippen molar-refractivity contribution in [3.05, 3.63) is 27.5 Å². The minimum atomic E-state index is -0.500. The van der Waals surface area contributed by atoms with Crippen LogP contribution in [0.15, 0.2) is 16.7 Å². The van der Waals surface area contributed by atoms with Gasteiger partial charge in [-0.25, -0.2) is 9.78 Å². The number of aromatic nitrogens is 1. The van der Waals surface area contributed by atoms with Crippen LogP contribution >= 0.6 is 27.5 Å². The lowest BCUT2D eigenvalue weighted by Crippen LogP contribution is -2.55. The Bertz CT molecular complexity index is 542. The number of hydrogen-bond acceptors (Lipinski definition) is 4. The highest BCUT2D eigenvalue weighted by atomic mass is 79.9. The Morgan fingerprint density at radius 1 is 1.50 bits per heavy atom. The molecule has 0 aromatic carbocycles. The van der Waals surface area contributed by atoms with Crippen molar-refractivity contribution in [1.82, 2.24) is 15.2 Å². The zero-order valence-electron chi connectivity index (χ0n) is 13.2. The number of carbonyl (C=O) groups excluding carboxylic acids is 1. The summed E-state index contributed by atoms with van der Waals surface area (Å²) >= 11 is 9.38. The van der Waals surface area contributed by atoms with Crippen LogP contribution in [-0.4, -0.2) is 40.7 Å². The maximum atomic E-state index is 12.4. The van der Waals surface area contributed by atoms with Crippen LogP contribution in [0.25, 0.3) is 0 Å². The minimum Gasteiger partial charge on any atom is -0.444 e. The molecule has 2 atom stereocenters. The summed E-state index contributed by atoms with van der Waals surface area (Å²) in [7, 11) is 0. The molecule has 0 aliphatic carbocycles. The van der Waals surface area contributed by atoms with Crippen molar-refractivity contribution < 1.29 is 9.53 Å². The lowest BCUT2D eigenvalue weighted by Gasteiger charge is -2.40. The molecule has 1 aromatic rings. The van der Waals surface area contributed by atoms with E-state index in [1.807, 2.05) is 39.8 Å². The zero-order chi connectivity index (χ0) is 16.5. The van der Waals surface area contributed by atoms with Gasteiger partial charge >= 0.3 is 6.09 Å². The summed E-state index contributed by atoms with van der Waals surface area (Å²) in [6, 6.07) is 3.67. The quantitative estimate of drug-likeness (QED) is 0.742. The van der Waals surface area contributed by atoms with E-state index in [0.29, 0.717) is 22.8 Å². The number of hydrogen-bond donors (Lipinski definition) is 1. The largest absolute Gasteiger partial charge is 0.444 e. The molecule has 1 aromatic heterocycles. The van der Waals surface area contributed by atoms with Gasteiger partial charge < -0.3 is 15.0 Å². The first-order valence-electron chi connectivity index (χ1n) is 7.23. The third kappa shape index (κ3) is 4.33. The predicted molar refractivity (Wildman–Crippen MR) is 90.1 cm³/mol. The molecule has 1 aliphatic heterocycles. The summed E-state index contributed by atoms with van der Waals surface area (Å²) in [5.74, 6) is 0. The second-order valence-electron chi connectivity index (χ2n) is 6.39. The molecule has 2 heterocycles. The molecule has 2 unspecified atom stereocenters. The molecule has 1 saturated heterocycles. The van der Waals surface area contributed by atoms with Crippen molar-refractivity contribution in [2.24, 2.45) is 0 Å². The van der Waals surface area contributed by atoms with Gasteiger partial charge in [0.1, 0.15) is 15.4 Å². The van der Waals surface area contributed by atoms with Gasteiger partial charge in [-0.1, -0.05) is 11.6 Å². The summed E-state index contributed by atoms with van der Waals surface area (Å²) < 4.78 is 6.17. The first-order chi connectivity index (χ1) is 10.2. The lowest BCUT2D eigenvalue weighted by molar-refractivity contribution is 0.00810. The lowest BCUT2D eigenvalue weighted by atomic mass is 9.98. The standard InChI is InChI=1S/C15H21BrClN3O2/c1-9-13(10-7-11(16)19-12(17)8-10)18-5-6-20(9)14(21)22-15(2,3)4/h7-9,13,18H,5-6H2,1-4H3. The van der Waals surface area contributed by atoms with Crippen molar-refractivity contribution in [3.8, 4) is 0 Å². The maximum Gasteiger partial charge on any atom is 0.410 e. The smallest absolute Gasteiger partial charge is 0.410 e. The number of piperazine rings is 1. The second-order valence-corrected chi connectivity index (χ2v) is 7.59. The molecule has 2 rings (SSSR count). The van der Waals surface area contributed by atoms with Crippen molar-refractivity contribution in [2.75, 3.05) is 13.1 Å². The molecule has 5 nitrogen and oxygen atoms in total. The van der Waals surface area contributed by atoms with E-state index in [4.69, 9.17) is 16.3 Å². The van der Waals surface area contributed by atoms with E-state index in [1.165, 1.54) is 0 Å². The van der Waals surface area contributed by atoms with Gasteiger partial charge in [-0.3, -0.25) is 0 Å². The third-order valence-electron chi connectivity index (χ3n) is 3.46. The van der Waals surface area contributed by atoms with E-state index < -0.39 is 5.60 Å². The Morgan fingerprint density at radius 3 is 2.77 bits per heavy atom. The van der Waals surface area contributed by atoms with Crippen molar-refractivity contribution in [3.63, 3.8) is 0 Å². The molecule has 1 amide bonds. The predicted octanol–water partition coefficient (Wildman–Crippen LogP) is 3.77. The fraction of sp³-hybridized carbons (Fsp3) is 0.600. The van der Waals surface area contributed by atoms with Crippen LogP contribution in [0.4, 0.5) is 4.79 Å². The van der Waals surface area contributed by atoms with Gasteiger partial charge in [0, 0.05) is 13.1 Å². The fourth-order valence-corrected chi connectivity index (χ4v) is 3.31. The topological polar surface area (TPSA) is 54.5 Å². The van der Waals surface area contributed by atoms with Crippen LogP contribution in [0.3, 0.4) is 0 Å². The molecule has 1 fully saturated rings. The molecule has 22 heavy (non-hydrogen) atoms. The van der Waals surface area contributed by atoms with E-state index in [0.717, 1.165) is 5.56 Å². The molecule has 1 aliphatic rings. The number of amides is 1. The average molecular weight is 391 g/mol. The monoisotopic (exact) mass is 389 g/mol. The second kappa shape index (κ2) is 6.72. The summed E-state index contributed by atoms with van der Waals surface area (Å²) in [6.07, 6.45) is -0.286. The van der Waals surface area contributed by atoms with Crippen LogP contribution in [0.1, 0.15) is 39.3 Å². The number of nitrogens with zero attached hydrogens (tertiary/aromatic N) is 2. The van der Waals surface area contributed by atoms with Crippen LogP contribution in [0.5, 0.6) is 0 Å². The molecular formula is C15H21BrClN3O2. The summed E-state index contributed by atoms with van der Waals surface area (Å²) in [4.78, 5) is 18.2. The first kappa shape index (κ1) is 17.5. The number of ether oxygens (including phenoxy) is 1. The average Bonchev–Trinajstić information content (AvgIpc) is 2.35. The van der Waals surface area contributed by atoms with Gasteiger partial charge in [0.15, 0.2) is 0 Å². The molecule has 7 heteroatoms. The Hall–Kier alpha value is -0.850. The highest BCUT2D eigenvalue weighted by Gasteiger charge is 2.34. The van der Waals surface area contributed by atoms with Gasteiger partial charge in [-0.05, 0) is 61.3 Å². The molecule has 0 radical (unpaired) electrons. The number of carbonyl (C=O) groups is 1. The molecule has 0 bridgehead atoms. The number of nitrogens with one attached hydrogen (secondary N) is 1. The van der Waals surface area contributed by atoms with Crippen LogP contribution < -0.4 is 5.32 Å². The Kier molecular flexibility index (Phi) is 5.35.